The normalized spacial score (nSPS) is 15.4. The first-order valence-corrected chi connectivity index (χ1v) is 13.4. The van der Waals surface area contributed by atoms with Crippen molar-refractivity contribution >= 4 is 11.7 Å². The summed E-state index contributed by atoms with van der Waals surface area (Å²) in [4.78, 5) is 27.7. The summed E-state index contributed by atoms with van der Waals surface area (Å²) in [6, 6.07) is 16.1. The minimum atomic E-state index is 0.0683. The molecule has 1 fully saturated rings. The molecule has 0 radical (unpaired) electrons. The van der Waals surface area contributed by atoms with Crippen LogP contribution in [0.5, 0.6) is 5.75 Å². The summed E-state index contributed by atoms with van der Waals surface area (Å²) in [6.45, 7) is 6.28. The lowest BCUT2D eigenvalue weighted by molar-refractivity contribution is 0.0733. The van der Waals surface area contributed by atoms with Gasteiger partial charge in [-0.3, -0.25) is 4.79 Å². The number of anilines is 1. The summed E-state index contributed by atoms with van der Waals surface area (Å²) in [7, 11) is 1.69. The van der Waals surface area contributed by atoms with Gasteiger partial charge in [0, 0.05) is 49.2 Å². The molecule has 0 N–H and O–H groups in total. The Kier molecular flexibility index (Phi) is 7.99. The lowest BCUT2D eigenvalue weighted by atomic mass is 10.0. The van der Waals surface area contributed by atoms with E-state index < -0.39 is 0 Å². The van der Waals surface area contributed by atoms with Gasteiger partial charge < -0.3 is 19.3 Å². The molecule has 5 rings (SSSR count). The van der Waals surface area contributed by atoms with Crippen LogP contribution < -0.4 is 9.64 Å². The Bertz CT molecular complexity index is 1220. The molecule has 0 atom stereocenters. The molecule has 3 aromatic rings. The van der Waals surface area contributed by atoms with Crippen LogP contribution in [0, 0.1) is 0 Å². The van der Waals surface area contributed by atoms with Crippen molar-refractivity contribution in [2.24, 2.45) is 0 Å². The Balaban J connectivity index is 1.41. The number of benzene rings is 2. The molecule has 0 saturated carbocycles. The third-order valence-corrected chi connectivity index (χ3v) is 7.24. The number of nitrogens with zero attached hydrogens (tertiary/aromatic N) is 4. The van der Waals surface area contributed by atoms with Gasteiger partial charge in [-0.15, -0.1) is 0 Å². The molecule has 0 unspecified atom stereocenters. The highest BCUT2D eigenvalue weighted by atomic mass is 16.5. The topological polar surface area (TPSA) is 67.8 Å². The lowest BCUT2D eigenvalue weighted by Gasteiger charge is -2.34. The fourth-order valence-corrected chi connectivity index (χ4v) is 5.13. The van der Waals surface area contributed by atoms with Crippen molar-refractivity contribution in [3.05, 3.63) is 82.3 Å². The van der Waals surface area contributed by atoms with Crippen molar-refractivity contribution in [3.8, 4) is 5.75 Å². The Morgan fingerprint density at radius 3 is 2.57 bits per heavy atom. The van der Waals surface area contributed by atoms with Crippen LogP contribution in [0.15, 0.2) is 48.5 Å². The number of methoxy groups -OCH3 is 1. The van der Waals surface area contributed by atoms with Crippen LogP contribution in [0.4, 0.5) is 5.82 Å². The number of amides is 1. The minimum absolute atomic E-state index is 0.0683. The molecule has 3 heterocycles. The highest BCUT2D eigenvalue weighted by molar-refractivity contribution is 5.94. The second kappa shape index (κ2) is 11.7. The Labute approximate surface area is 219 Å². The van der Waals surface area contributed by atoms with Crippen LogP contribution in [0.2, 0.25) is 0 Å². The molecule has 2 aromatic carbocycles. The number of fused-ring (bicyclic) bond motifs is 1. The van der Waals surface area contributed by atoms with E-state index in [-0.39, 0.29) is 5.91 Å². The largest absolute Gasteiger partial charge is 0.496 e. The van der Waals surface area contributed by atoms with E-state index in [0.29, 0.717) is 39.1 Å². The maximum Gasteiger partial charge on any atom is 0.254 e. The van der Waals surface area contributed by atoms with Crippen molar-refractivity contribution in [3.63, 3.8) is 0 Å². The van der Waals surface area contributed by atoms with Gasteiger partial charge in [-0.05, 0) is 36.6 Å². The fraction of sp³-hybridized carbons (Fsp3) is 0.433. The average molecular weight is 501 g/mol. The first-order valence-electron chi connectivity index (χ1n) is 13.4. The highest BCUT2D eigenvalue weighted by Crippen LogP contribution is 2.30. The number of hydrogen-bond acceptors (Lipinski definition) is 6. The molecule has 2 aliphatic rings. The van der Waals surface area contributed by atoms with Gasteiger partial charge >= 0.3 is 0 Å². The number of ether oxygens (including phenoxy) is 2. The molecule has 7 heteroatoms. The minimum Gasteiger partial charge on any atom is -0.496 e. The standard InChI is InChI=1S/C30H36N4O3/c1-3-4-7-22-10-12-23(13-11-22)30(35)34-15-14-26-25(21-34)29(33-16-18-37-19-17-33)32-28(31-26)20-24-8-5-6-9-27(24)36-2/h5-6,8-13H,3-4,7,14-21H2,1-2H3. The molecule has 0 aliphatic carbocycles. The molecule has 2 aliphatic heterocycles. The van der Waals surface area contributed by atoms with Gasteiger partial charge in [-0.2, -0.15) is 0 Å². The molecule has 7 nitrogen and oxygen atoms in total. The molecule has 37 heavy (non-hydrogen) atoms. The molecule has 0 spiro atoms. The number of aryl methyl sites for hydroxylation is 1. The summed E-state index contributed by atoms with van der Waals surface area (Å²) in [5.74, 6) is 2.63. The zero-order valence-electron chi connectivity index (χ0n) is 21.9. The van der Waals surface area contributed by atoms with Crippen molar-refractivity contribution in [1.82, 2.24) is 14.9 Å². The van der Waals surface area contributed by atoms with Crippen molar-refractivity contribution in [1.29, 1.82) is 0 Å². The van der Waals surface area contributed by atoms with Crippen LogP contribution in [0.1, 0.15) is 58.3 Å². The van der Waals surface area contributed by atoms with Crippen LogP contribution in [0.25, 0.3) is 0 Å². The molecule has 194 valence electrons. The van der Waals surface area contributed by atoms with Gasteiger partial charge in [-0.1, -0.05) is 43.7 Å². The summed E-state index contributed by atoms with van der Waals surface area (Å²) < 4.78 is 11.2. The highest BCUT2D eigenvalue weighted by Gasteiger charge is 2.29. The summed E-state index contributed by atoms with van der Waals surface area (Å²) >= 11 is 0. The lowest BCUT2D eigenvalue weighted by Crippen LogP contribution is -2.41. The number of hydrogen-bond donors (Lipinski definition) is 0. The zero-order valence-corrected chi connectivity index (χ0v) is 21.9. The molecule has 1 aromatic heterocycles. The number of morpholine rings is 1. The van der Waals surface area contributed by atoms with Crippen molar-refractivity contribution in [2.75, 3.05) is 44.9 Å². The third-order valence-electron chi connectivity index (χ3n) is 7.24. The SMILES string of the molecule is CCCCc1ccc(C(=O)N2CCc3nc(Cc4ccccc4OC)nc(N4CCOCC4)c3C2)cc1. The van der Waals surface area contributed by atoms with E-state index in [1.165, 1.54) is 18.4 Å². The van der Waals surface area contributed by atoms with Crippen LogP contribution in [-0.4, -0.2) is 60.7 Å². The number of unbranched alkanes of at least 4 members (excludes halogenated alkanes) is 1. The van der Waals surface area contributed by atoms with Gasteiger partial charge in [0.05, 0.1) is 32.6 Å². The molecule has 1 saturated heterocycles. The Morgan fingerprint density at radius 2 is 1.81 bits per heavy atom. The summed E-state index contributed by atoms with van der Waals surface area (Å²) in [5.41, 5.74) is 5.19. The first-order chi connectivity index (χ1) is 18.2. The number of para-hydroxylation sites is 1. The third kappa shape index (κ3) is 5.77. The van der Waals surface area contributed by atoms with Crippen LogP contribution in [0.3, 0.4) is 0 Å². The van der Waals surface area contributed by atoms with Crippen LogP contribution >= 0.6 is 0 Å². The second-order valence-electron chi connectivity index (χ2n) is 9.75. The van der Waals surface area contributed by atoms with Gasteiger partial charge in [0.2, 0.25) is 0 Å². The Morgan fingerprint density at radius 1 is 1.03 bits per heavy atom. The summed E-state index contributed by atoms with van der Waals surface area (Å²) in [5, 5.41) is 0. The predicted octanol–water partition coefficient (Wildman–Crippen LogP) is 4.45. The van der Waals surface area contributed by atoms with E-state index in [0.717, 1.165) is 59.3 Å². The first kappa shape index (κ1) is 25.2. The van der Waals surface area contributed by atoms with Crippen LogP contribution in [-0.2, 0) is 30.5 Å². The predicted molar refractivity (Wildman–Crippen MR) is 144 cm³/mol. The van der Waals surface area contributed by atoms with E-state index in [4.69, 9.17) is 19.4 Å². The summed E-state index contributed by atoms with van der Waals surface area (Å²) in [6.07, 6.45) is 4.71. The number of aromatic nitrogens is 2. The van der Waals surface area contributed by atoms with Crippen molar-refractivity contribution < 1.29 is 14.3 Å². The van der Waals surface area contributed by atoms with Gasteiger partial charge in [-0.25, -0.2) is 9.97 Å². The Hall–Kier alpha value is -3.45. The quantitative estimate of drug-likeness (QED) is 0.455. The number of carbonyl (C=O) groups is 1. The smallest absolute Gasteiger partial charge is 0.254 e. The fourth-order valence-electron chi connectivity index (χ4n) is 5.13. The van der Waals surface area contributed by atoms with Gasteiger partial charge in [0.25, 0.3) is 5.91 Å². The number of rotatable bonds is 8. The monoisotopic (exact) mass is 500 g/mol. The molecule has 1 amide bonds. The van der Waals surface area contributed by atoms with E-state index in [9.17, 15) is 4.79 Å². The molecule has 0 bridgehead atoms. The van der Waals surface area contributed by atoms with E-state index in [1.54, 1.807) is 7.11 Å². The maximum absolute atomic E-state index is 13.4. The zero-order chi connectivity index (χ0) is 25.6. The average Bonchev–Trinajstić information content (AvgIpc) is 2.96. The van der Waals surface area contributed by atoms with E-state index in [2.05, 4.69) is 30.0 Å². The van der Waals surface area contributed by atoms with Crippen molar-refractivity contribution in [2.45, 2.75) is 45.6 Å². The van der Waals surface area contributed by atoms with Gasteiger partial charge in [0.1, 0.15) is 17.4 Å². The molecular weight excluding hydrogens is 464 g/mol. The van der Waals surface area contributed by atoms with E-state index in [1.807, 2.05) is 35.2 Å². The maximum atomic E-state index is 13.4. The van der Waals surface area contributed by atoms with Gasteiger partial charge in [0.15, 0.2) is 0 Å². The second-order valence-corrected chi connectivity index (χ2v) is 9.75. The molecular formula is C30H36N4O3. The van der Waals surface area contributed by atoms with E-state index >= 15 is 0 Å². The number of carbonyl (C=O) groups excluding carboxylic acids is 1.